The molecule has 33 heavy (non-hydrogen) atoms. The van der Waals surface area contributed by atoms with Crippen molar-refractivity contribution < 1.29 is 20.1 Å². The maximum atomic E-state index is 10.3. The molecule has 3 N–H and O–H groups in total. The number of hydrogen-bond donors (Lipinski definition) is 3. The zero-order chi connectivity index (χ0) is 23.7. The predicted molar refractivity (Wildman–Crippen MR) is 132 cm³/mol. The lowest BCUT2D eigenvalue weighted by Gasteiger charge is -2.28. The molecule has 168 valence electrons. The van der Waals surface area contributed by atoms with Crippen LogP contribution in [0.25, 0.3) is 0 Å². The molecular weight excluding hydrogens is 414 g/mol. The second-order valence-electron chi connectivity index (χ2n) is 8.29. The van der Waals surface area contributed by atoms with Crippen molar-refractivity contribution in [3.8, 4) is 28.7 Å². The normalized spacial score (nSPS) is 10.8. The third kappa shape index (κ3) is 4.58. The highest BCUT2D eigenvalue weighted by Gasteiger charge is 2.20. The summed E-state index contributed by atoms with van der Waals surface area (Å²) in [4.78, 5) is 1.94. The fourth-order valence-corrected chi connectivity index (χ4v) is 3.91. The third-order valence-electron chi connectivity index (χ3n) is 5.65. The number of rotatable bonds is 5. The summed E-state index contributed by atoms with van der Waals surface area (Å²) in [5, 5.41) is 30.6. The molecule has 0 amide bonds. The summed E-state index contributed by atoms with van der Waals surface area (Å²) in [5.74, 6) is 1.75. The van der Waals surface area contributed by atoms with Gasteiger partial charge in [-0.3, -0.25) is 0 Å². The summed E-state index contributed by atoms with van der Waals surface area (Å²) >= 11 is 0. The van der Waals surface area contributed by atoms with E-state index in [9.17, 15) is 15.3 Å². The van der Waals surface area contributed by atoms with E-state index in [-0.39, 0.29) is 17.2 Å². The molecule has 0 bridgehead atoms. The van der Waals surface area contributed by atoms with Gasteiger partial charge < -0.3 is 25.0 Å². The summed E-state index contributed by atoms with van der Waals surface area (Å²) < 4.78 is 6.34. The molecule has 0 saturated carbocycles. The van der Waals surface area contributed by atoms with Gasteiger partial charge in [-0.05, 0) is 98.5 Å². The molecule has 4 rings (SSSR count). The van der Waals surface area contributed by atoms with E-state index < -0.39 is 0 Å². The predicted octanol–water partition coefficient (Wildman–Crippen LogP) is 7.30. The number of nitrogens with zero attached hydrogens (tertiary/aromatic N) is 1. The summed E-state index contributed by atoms with van der Waals surface area (Å²) in [5.41, 5.74) is 5.59. The Bertz CT molecular complexity index is 1240. The van der Waals surface area contributed by atoms with Gasteiger partial charge in [-0.15, -0.1) is 0 Å². The van der Waals surface area contributed by atoms with Crippen LogP contribution in [0.2, 0.25) is 0 Å². The SMILES string of the molecule is Cc1cc(O)cc(N(c2cc(C)cc(O)c2)c2ccccc2Oc2ccc(O)c(C)c2C)c1. The number of phenolic OH excluding ortho intramolecular Hbond substituents is 3. The highest BCUT2D eigenvalue weighted by molar-refractivity contribution is 5.82. The lowest BCUT2D eigenvalue weighted by atomic mass is 10.1. The van der Waals surface area contributed by atoms with Crippen molar-refractivity contribution in [2.45, 2.75) is 27.7 Å². The van der Waals surface area contributed by atoms with Crippen LogP contribution in [0.3, 0.4) is 0 Å². The Labute approximate surface area is 193 Å². The fourth-order valence-electron chi connectivity index (χ4n) is 3.91. The second-order valence-corrected chi connectivity index (χ2v) is 8.29. The molecule has 4 aromatic carbocycles. The van der Waals surface area contributed by atoms with Crippen molar-refractivity contribution in [1.29, 1.82) is 0 Å². The van der Waals surface area contributed by atoms with Crippen LogP contribution in [0.15, 0.2) is 72.8 Å². The molecule has 0 saturated heterocycles. The van der Waals surface area contributed by atoms with Gasteiger partial charge in [-0.2, -0.15) is 0 Å². The van der Waals surface area contributed by atoms with Crippen LogP contribution in [0.5, 0.6) is 28.7 Å². The number of aryl methyl sites for hydroxylation is 2. The zero-order valence-electron chi connectivity index (χ0n) is 19.1. The smallest absolute Gasteiger partial charge is 0.151 e. The van der Waals surface area contributed by atoms with E-state index in [4.69, 9.17) is 4.74 Å². The van der Waals surface area contributed by atoms with Crippen molar-refractivity contribution in [2.24, 2.45) is 0 Å². The zero-order valence-corrected chi connectivity index (χ0v) is 19.1. The fraction of sp³-hybridized carbons (Fsp3) is 0.143. The highest BCUT2D eigenvalue weighted by atomic mass is 16.5. The monoisotopic (exact) mass is 441 g/mol. The summed E-state index contributed by atoms with van der Waals surface area (Å²) in [7, 11) is 0. The first-order valence-corrected chi connectivity index (χ1v) is 10.7. The number of phenols is 3. The number of anilines is 3. The van der Waals surface area contributed by atoms with Gasteiger partial charge in [-0.1, -0.05) is 12.1 Å². The lowest BCUT2D eigenvalue weighted by Crippen LogP contribution is -2.11. The van der Waals surface area contributed by atoms with E-state index in [1.165, 1.54) is 0 Å². The minimum Gasteiger partial charge on any atom is -0.508 e. The lowest BCUT2D eigenvalue weighted by molar-refractivity contribution is 0.458. The Morgan fingerprint density at radius 1 is 0.606 bits per heavy atom. The maximum absolute atomic E-state index is 10.3. The molecule has 0 radical (unpaired) electrons. The topological polar surface area (TPSA) is 73.2 Å². The third-order valence-corrected chi connectivity index (χ3v) is 5.65. The van der Waals surface area contributed by atoms with E-state index in [1.54, 1.807) is 36.4 Å². The molecule has 0 aromatic heterocycles. The Balaban J connectivity index is 1.91. The maximum Gasteiger partial charge on any atom is 0.151 e. The average molecular weight is 442 g/mol. The Morgan fingerprint density at radius 3 is 1.76 bits per heavy atom. The first kappa shape index (κ1) is 22.1. The van der Waals surface area contributed by atoms with Crippen molar-refractivity contribution >= 4 is 17.1 Å². The molecule has 0 spiro atoms. The largest absolute Gasteiger partial charge is 0.508 e. The Kier molecular flexibility index (Phi) is 5.88. The first-order valence-electron chi connectivity index (χ1n) is 10.7. The highest BCUT2D eigenvalue weighted by Crippen LogP contribution is 2.44. The van der Waals surface area contributed by atoms with E-state index in [1.807, 2.05) is 69.0 Å². The standard InChI is InChI=1S/C28H27NO4/c1-17-11-21(15-23(30)13-17)29(22-12-18(2)14-24(31)16-22)25-7-5-6-8-28(25)33-27-10-9-26(32)19(3)20(27)4/h5-16,30-32H,1-4H3. The molecular formula is C28H27NO4. The van der Waals surface area contributed by atoms with E-state index in [2.05, 4.69) is 0 Å². The van der Waals surface area contributed by atoms with Crippen LogP contribution in [-0.2, 0) is 0 Å². The molecule has 4 aromatic rings. The molecule has 0 aliphatic rings. The quantitative estimate of drug-likeness (QED) is 0.303. The van der Waals surface area contributed by atoms with Crippen molar-refractivity contribution in [2.75, 3.05) is 4.90 Å². The first-order chi connectivity index (χ1) is 15.7. The van der Waals surface area contributed by atoms with Crippen LogP contribution in [0, 0.1) is 27.7 Å². The average Bonchev–Trinajstić information content (AvgIpc) is 2.74. The van der Waals surface area contributed by atoms with E-state index >= 15 is 0 Å². The van der Waals surface area contributed by atoms with Gasteiger partial charge >= 0.3 is 0 Å². The number of aromatic hydroxyl groups is 3. The number of hydrogen-bond acceptors (Lipinski definition) is 5. The van der Waals surface area contributed by atoms with E-state index in [0.29, 0.717) is 11.5 Å². The Morgan fingerprint density at radius 2 is 1.18 bits per heavy atom. The van der Waals surface area contributed by atoms with Crippen LogP contribution in [0.1, 0.15) is 22.3 Å². The molecule has 0 heterocycles. The van der Waals surface area contributed by atoms with Crippen molar-refractivity contribution in [3.05, 3.63) is 95.1 Å². The molecule has 0 aliphatic heterocycles. The number of ether oxygens (including phenoxy) is 1. The summed E-state index contributed by atoms with van der Waals surface area (Å²) in [6, 6.07) is 21.6. The molecule has 0 atom stereocenters. The van der Waals surface area contributed by atoms with Gasteiger partial charge in [0.15, 0.2) is 5.75 Å². The Hall–Kier alpha value is -4.12. The van der Waals surface area contributed by atoms with Gasteiger partial charge in [-0.25, -0.2) is 0 Å². The van der Waals surface area contributed by atoms with Crippen molar-refractivity contribution in [3.63, 3.8) is 0 Å². The number of para-hydroxylation sites is 2. The van der Waals surface area contributed by atoms with Crippen LogP contribution >= 0.6 is 0 Å². The summed E-state index contributed by atoms with van der Waals surface area (Å²) in [6.07, 6.45) is 0. The minimum atomic E-state index is 0.148. The van der Waals surface area contributed by atoms with Gasteiger partial charge in [0.1, 0.15) is 23.0 Å². The van der Waals surface area contributed by atoms with Crippen molar-refractivity contribution in [1.82, 2.24) is 0 Å². The minimum absolute atomic E-state index is 0.148. The summed E-state index contributed by atoms with van der Waals surface area (Å²) in [6.45, 7) is 7.59. The van der Waals surface area contributed by atoms with Gasteiger partial charge in [0.25, 0.3) is 0 Å². The molecule has 5 heteroatoms. The van der Waals surface area contributed by atoms with E-state index in [0.717, 1.165) is 39.3 Å². The van der Waals surface area contributed by atoms with Crippen LogP contribution in [-0.4, -0.2) is 15.3 Å². The van der Waals surface area contributed by atoms with Crippen LogP contribution < -0.4 is 9.64 Å². The molecule has 5 nitrogen and oxygen atoms in total. The molecule has 0 fully saturated rings. The van der Waals surface area contributed by atoms with Gasteiger partial charge in [0, 0.05) is 12.1 Å². The van der Waals surface area contributed by atoms with Crippen LogP contribution in [0.4, 0.5) is 17.1 Å². The molecule has 0 aliphatic carbocycles. The van der Waals surface area contributed by atoms with Gasteiger partial charge in [0.2, 0.25) is 0 Å². The molecule has 0 unspecified atom stereocenters. The number of benzene rings is 4. The van der Waals surface area contributed by atoms with Gasteiger partial charge in [0.05, 0.1) is 17.1 Å². The second kappa shape index (κ2) is 8.79.